The Morgan fingerprint density at radius 1 is 1.08 bits per heavy atom. The molecule has 1 aliphatic heterocycles. The first-order valence-electron chi connectivity index (χ1n) is 8.67. The summed E-state index contributed by atoms with van der Waals surface area (Å²) in [5, 5.41) is 0. The molecule has 128 valence electrons. The predicted molar refractivity (Wildman–Crippen MR) is 92.6 cm³/mol. The lowest BCUT2D eigenvalue weighted by atomic mass is 10.1. The highest BCUT2D eigenvalue weighted by Crippen LogP contribution is 2.21. The summed E-state index contributed by atoms with van der Waals surface area (Å²) in [4.78, 5) is 11.3. The molecule has 2 aromatic rings. The van der Waals surface area contributed by atoms with Gasteiger partial charge in [0.15, 0.2) is 0 Å². The summed E-state index contributed by atoms with van der Waals surface area (Å²) in [5.74, 6) is 0.988. The van der Waals surface area contributed by atoms with E-state index in [1.165, 1.54) is 44.5 Å². The summed E-state index contributed by atoms with van der Waals surface area (Å²) in [6.45, 7) is 5.99. The van der Waals surface area contributed by atoms with Crippen molar-refractivity contribution >= 4 is 0 Å². The molecule has 0 aliphatic carbocycles. The van der Waals surface area contributed by atoms with Gasteiger partial charge in [0, 0.05) is 18.2 Å². The minimum Gasteiger partial charge on any atom is -0.478 e. The van der Waals surface area contributed by atoms with Crippen molar-refractivity contribution in [1.29, 1.82) is 0 Å². The van der Waals surface area contributed by atoms with Crippen LogP contribution in [-0.4, -0.2) is 41.1 Å². The van der Waals surface area contributed by atoms with Crippen LogP contribution in [0.15, 0.2) is 30.3 Å². The number of likely N-dealkylation sites (tertiary alicyclic amines) is 1. The Balaban J connectivity index is 1.56. The molecular weight excluding hydrogens is 305 g/mol. The summed E-state index contributed by atoms with van der Waals surface area (Å²) in [6, 6.07) is 8.13. The van der Waals surface area contributed by atoms with Crippen molar-refractivity contribution in [2.75, 3.05) is 26.2 Å². The molecule has 1 saturated heterocycles. The van der Waals surface area contributed by atoms with Gasteiger partial charge in [0.1, 0.15) is 11.6 Å². The Morgan fingerprint density at radius 3 is 2.58 bits per heavy atom. The van der Waals surface area contributed by atoms with Crippen LogP contribution in [0, 0.1) is 12.7 Å². The molecule has 1 aromatic carbocycles. The topological polar surface area (TPSA) is 38.2 Å². The van der Waals surface area contributed by atoms with E-state index in [9.17, 15) is 4.39 Å². The summed E-state index contributed by atoms with van der Waals surface area (Å²) in [7, 11) is 0. The largest absolute Gasteiger partial charge is 0.478 e. The third kappa shape index (κ3) is 4.74. The third-order valence-electron chi connectivity index (χ3n) is 4.27. The second-order valence-electron chi connectivity index (χ2n) is 6.25. The summed E-state index contributed by atoms with van der Waals surface area (Å²) >= 11 is 0. The van der Waals surface area contributed by atoms with E-state index in [-0.39, 0.29) is 5.82 Å². The van der Waals surface area contributed by atoms with E-state index < -0.39 is 0 Å². The number of aryl methyl sites for hydroxylation is 1. The summed E-state index contributed by atoms with van der Waals surface area (Å²) < 4.78 is 18.9. The van der Waals surface area contributed by atoms with Crippen molar-refractivity contribution < 1.29 is 9.13 Å². The molecule has 1 fully saturated rings. The Kier molecular flexibility index (Phi) is 5.75. The van der Waals surface area contributed by atoms with E-state index in [0.29, 0.717) is 18.3 Å². The first kappa shape index (κ1) is 16.8. The molecule has 0 unspecified atom stereocenters. The van der Waals surface area contributed by atoms with Crippen molar-refractivity contribution in [2.45, 2.75) is 32.6 Å². The highest BCUT2D eigenvalue weighted by atomic mass is 19.1. The second-order valence-corrected chi connectivity index (χ2v) is 6.25. The van der Waals surface area contributed by atoms with Gasteiger partial charge in [0.05, 0.1) is 12.3 Å². The van der Waals surface area contributed by atoms with E-state index in [4.69, 9.17) is 4.74 Å². The monoisotopic (exact) mass is 329 g/mol. The molecule has 0 atom stereocenters. The maximum absolute atomic E-state index is 13.1. The molecule has 0 amide bonds. The van der Waals surface area contributed by atoms with Crippen molar-refractivity contribution in [3.05, 3.63) is 42.0 Å². The molecule has 0 bridgehead atoms. The van der Waals surface area contributed by atoms with Crippen LogP contribution in [0.25, 0.3) is 11.3 Å². The molecule has 1 aromatic heterocycles. The van der Waals surface area contributed by atoms with Crippen molar-refractivity contribution in [1.82, 2.24) is 14.9 Å². The van der Waals surface area contributed by atoms with Gasteiger partial charge in [-0.1, -0.05) is 6.42 Å². The highest BCUT2D eigenvalue weighted by Gasteiger charge is 2.10. The quantitative estimate of drug-likeness (QED) is 0.755. The Labute approximate surface area is 142 Å². The maximum atomic E-state index is 13.1. The van der Waals surface area contributed by atoms with Crippen molar-refractivity contribution in [3.8, 4) is 17.1 Å². The summed E-state index contributed by atoms with van der Waals surface area (Å²) in [5.41, 5.74) is 1.62. The molecule has 5 heteroatoms. The Morgan fingerprint density at radius 2 is 1.83 bits per heavy atom. The van der Waals surface area contributed by atoms with Gasteiger partial charge in [-0.15, -0.1) is 0 Å². The van der Waals surface area contributed by atoms with E-state index >= 15 is 0 Å². The average Bonchev–Trinajstić information content (AvgIpc) is 2.60. The molecule has 0 radical (unpaired) electrons. The minimum absolute atomic E-state index is 0.251. The van der Waals surface area contributed by atoms with Gasteiger partial charge in [-0.25, -0.2) is 9.37 Å². The lowest BCUT2D eigenvalue weighted by Crippen LogP contribution is -2.31. The molecule has 24 heavy (non-hydrogen) atoms. The standard InChI is InChI=1S/C19H24FN3O/c1-15-21-18(16-6-8-17(20)9-7-16)14-19(22-15)24-13-5-12-23-10-3-2-4-11-23/h6-9,14H,2-5,10-13H2,1H3. The lowest BCUT2D eigenvalue weighted by molar-refractivity contribution is 0.203. The van der Waals surface area contributed by atoms with Crippen LogP contribution in [-0.2, 0) is 0 Å². The number of piperidine rings is 1. The fourth-order valence-corrected chi connectivity index (χ4v) is 3.03. The normalized spacial score (nSPS) is 15.4. The van der Waals surface area contributed by atoms with Gasteiger partial charge in [-0.2, -0.15) is 4.98 Å². The third-order valence-corrected chi connectivity index (χ3v) is 4.27. The zero-order valence-electron chi connectivity index (χ0n) is 14.2. The number of ether oxygens (including phenoxy) is 1. The smallest absolute Gasteiger partial charge is 0.217 e. The Hall–Kier alpha value is -2.01. The number of hydrogen-bond donors (Lipinski definition) is 0. The molecule has 1 aliphatic rings. The van der Waals surface area contributed by atoms with Crippen LogP contribution >= 0.6 is 0 Å². The number of hydrogen-bond acceptors (Lipinski definition) is 4. The van der Waals surface area contributed by atoms with Gasteiger partial charge in [-0.3, -0.25) is 0 Å². The van der Waals surface area contributed by atoms with Crippen LogP contribution < -0.4 is 4.74 Å². The minimum atomic E-state index is -0.251. The molecular formula is C19H24FN3O. The van der Waals surface area contributed by atoms with E-state index in [1.54, 1.807) is 12.1 Å². The molecule has 0 N–H and O–H groups in total. The van der Waals surface area contributed by atoms with Crippen molar-refractivity contribution in [2.24, 2.45) is 0 Å². The second kappa shape index (κ2) is 8.20. The van der Waals surface area contributed by atoms with E-state index in [0.717, 1.165) is 24.2 Å². The van der Waals surface area contributed by atoms with Crippen LogP contribution in [0.5, 0.6) is 5.88 Å². The van der Waals surface area contributed by atoms with Crippen LogP contribution in [0.4, 0.5) is 4.39 Å². The first-order valence-corrected chi connectivity index (χ1v) is 8.67. The molecule has 2 heterocycles. The van der Waals surface area contributed by atoms with Gasteiger partial charge in [0.25, 0.3) is 0 Å². The van der Waals surface area contributed by atoms with Gasteiger partial charge < -0.3 is 9.64 Å². The number of aromatic nitrogens is 2. The Bertz CT molecular complexity index is 654. The van der Waals surface area contributed by atoms with Crippen LogP contribution in [0.3, 0.4) is 0 Å². The zero-order chi connectivity index (χ0) is 16.8. The van der Waals surface area contributed by atoms with Gasteiger partial charge >= 0.3 is 0 Å². The number of nitrogens with zero attached hydrogens (tertiary/aromatic N) is 3. The maximum Gasteiger partial charge on any atom is 0.217 e. The fourth-order valence-electron chi connectivity index (χ4n) is 3.03. The fraction of sp³-hybridized carbons (Fsp3) is 0.474. The average molecular weight is 329 g/mol. The number of halogens is 1. The van der Waals surface area contributed by atoms with E-state index in [1.807, 2.05) is 13.0 Å². The molecule has 3 rings (SSSR count). The molecule has 0 spiro atoms. The highest BCUT2D eigenvalue weighted by molar-refractivity contribution is 5.59. The molecule has 4 nitrogen and oxygen atoms in total. The van der Waals surface area contributed by atoms with Gasteiger partial charge in [-0.05, 0) is 63.5 Å². The van der Waals surface area contributed by atoms with E-state index in [2.05, 4.69) is 14.9 Å². The lowest BCUT2D eigenvalue weighted by Gasteiger charge is -2.26. The first-order chi connectivity index (χ1) is 11.7. The van der Waals surface area contributed by atoms with Crippen LogP contribution in [0.2, 0.25) is 0 Å². The zero-order valence-corrected chi connectivity index (χ0v) is 14.2. The molecule has 0 saturated carbocycles. The summed E-state index contributed by atoms with van der Waals surface area (Å²) in [6.07, 6.45) is 4.98. The predicted octanol–water partition coefficient (Wildman–Crippen LogP) is 3.85. The van der Waals surface area contributed by atoms with Crippen LogP contribution in [0.1, 0.15) is 31.5 Å². The van der Waals surface area contributed by atoms with Crippen molar-refractivity contribution in [3.63, 3.8) is 0 Å². The van der Waals surface area contributed by atoms with Gasteiger partial charge in [0.2, 0.25) is 5.88 Å². The number of benzene rings is 1. The SMILES string of the molecule is Cc1nc(OCCCN2CCCCC2)cc(-c2ccc(F)cc2)n1. The number of rotatable bonds is 6.